The summed E-state index contributed by atoms with van der Waals surface area (Å²) in [5.41, 5.74) is 3.96. The molecule has 0 amide bonds. The molecule has 1 atom stereocenters. The van der Waals surface area contributed by atoms with E-state index < -0.39 is 0 Å². The molecule has 5 heteroatoms. The predicted octanol–water partition coefficient (Wildman–Crippen LogP) is 2.97. The molecule has 3 rings (SSSR count). The smallest absolute Gasteiger partial charge is 0.160 e. The first-order valence-electron chi connectivity index (χ1n) is 7.12. The minimum Gasteiger partial charge on any atom is -0.508 e. The highest BCUT2D eigenvalue weighted by atomic mass is 79.9. The summed E-state index contributed by atoms with van der Waals surface area (Å²) in [5, 5.41) is 32.7. The van der Waals surface area contributed by atoms with Gasteiger partial charge in [-0.1, -0.05) is 12.1 Å². The summed E-state index contributed by atoms with van der Waals surface area (Å²) >= 11 is 0. The van der Waals surface area contributed by atoms with Gasteiger partial charge in [0.15, 0.2) is 11.5 Å². The van der Waals surface area contributed by atoms with E-state index in [2.05, 4.69) is 5.32 Å². The van der Waals surface area contributed by atoms with E-state index in [9.17, 15) is 15.3 Å². The Morgan fingerprint density at radius 3 is 2.45 bits per heavy atom. The molecule has 2 aromatic rings. The predicted molar refractivity (Wildman–Crippen MR) is 91.4 cm³/mol. The lowest BCUT2D eigenvalue weighted by atomic mass is 9.86. The van der Waals surface area contributed by atoms with E-state index in [-0.39, 0.29) is 40.1 Å². The van der Waals surface area contributed by atoms with E-state index in [1.165, 1.54) is 0 Å². The molecule has 0 spiro atoms. The lowest BCUT2D eigenvalue weighted by molar-refractivity contribution is 0.399. The first-order valence-corrected chi connectivity index (χ1v) is 7.12. The zero-order chi connectivity index (χ0) is 15.0. The van der Waals surface area contributed by atoms with Crippen LogP contribution in [0.1, 0.15) is 28.2 Å². The van der Waals surface area contributed by atoms with Crippen molar-refractivity contribution in [1.29, 1.82) is 0 Å². The second kappa shape index (κ2) is 6.58. The van der Waals surface area contributed by atoms with Crippen LogP contribution in [0.3, 0.4) is 0 Å². The molecule has 0 saturated heterocycles. The first-order chi connectivity index (χ1) is 10.1. The van der Waals surface area contributed by atoms with Crippen LogP contribution in [0.15, 0.2) is 30.3 Å². The highest BCUT2D eigenvalue weighted by Gasteiger charge is 2.24. The average molecular weight is 366 g/mol. The molecule has 4 nitrogen and oxygen atoms in total. The molecule has 118 valence electrons. The Balaban J connectivity index is 0.00000176. The molecule has 2 aromatic carbocycles. The van der Waals surface area contributed by atoms with Gasteiger partial charge >= 0.3 is 0 Å². The van der Waals surface area contributed by atoms with Crippen LogP contribution in [0.5, 0.6) is 17.2 Å². The van der Waals surface area contributed by atoms with Gasteiger partial charge in [-0.25, -0.2) is 0 Å². The van der Waals surface area contributed by atoms with Gasteiger partial charge < -0.3 is 20.6 Å². The van der Waals surface area contributed by atoms with Crippen molar-refractivity contribution >= 4 is 17.0 Å². The van der Waals surface area contributed by atoms with E-state index in [1.807, 2.05) is 19.1 Å². The Labute approximate surface area is 140 Å². The van der Waals surface area contributed by atoms with Gasteiger partial charge in [0.05, 0.1) is 0 Å². The number of benzene rings is 2. The Morgan fingerprint density at radius 1 is 1.09 bits per heavy atom. The van der Waals surface area contributed by atoms with Crippen molar-refractivity contribution in [2.75, 3.05) is 13.1 Å². The number of hydrogen-bond donors (Lipinski definition) is 4. The van der Waals surface area contributed by atoms with E-state index >= 15 is 0 Å². The van der Waals surface area contributed by atoms with Crippen LogP contribution in [0.2, 0.25) is 0 Å². The molecule has 22 heavy (non-hydrogen) atoms. The van der Waals surface area contributed by atoms with Crippen molar-refractivity contribution in [1.82, 2.24) is 5.32 Å². The van der Waals surface area contributed by atoms with Gasteiger partial charge in [0.1, 0.15) is 5.75 Å². The third-order valence-corrected chi connectivity index (χ3v) is 4.26. The number of rotatable bonds is 1. The number of fused-ring (bicyclic) bond motifs is 1. The van der Waals surface area contributed by atoms with Gasteiger partial charge in [-0.15, -0.1) is 17.0 Å². The summed E-state index contributed by atoms with van der Waals surface area (Å²) in [5.74, 6) is 0.232. The number of nitrogens with one attached hydrogen (secondary N) is 1. The highest BCUT2D eigenvalue weighted by Crippen LogP contribution is 2.39. The second-order valence-electron chi connectivity index (χ2n) is 5.54. The van der Waals surface area contributed by atoms with Gasteiger partial charge in [-0.3, -0.25) is 0 Å². The van der Waals surface area contributed by atoms with Gasteiger partial charge in [0, 0.05) is 12.5 Å². The Morgan fingerprint density at radius 2 is 1.77 bits per heavy atom. The van der Waals surface area contributed by atoms with Crippen molar-refractivity contribution in [3.8, 4) is 17.2 Å². The molecule has 1 heterocycles. The fraction of sp³-hybridized carbons (Fsp3) is 0.294. The van der Waals surface area contributed by atoms with Gasteiger partial charge in [-0.2, -0.15) is 0 Å². The summed E-state index contributed by atoms with van der Waals surface area (Å²) in [6.45, 7) is 3.45. The first kappa shape index (κ1) is 16.6. The van der Waals surface area contributed by atoms with Crippen LogP contribution >= 0.6 is 17.0 Å². The fourth-order valence-electron chi connectivity index (χ4n) is 3.07. The molecule has 1 aliphatic rings. The molecule has 4 N–H and O–H groups in total. The van der Waals surface area contributed by atoms with Crippen molar-refractivity contribution in [2.24, 2.45) is 0 Å². The van der Waals surface area contributed by atoms with E-state index in [4.69, 9.17) is 0 Å². The Hall–Kier alpha value is -1.72. The summed E-state index contributed by atoms with van der Waals surface area (Å²) in [4.78, 5) is 0. The summed E-state index contributed by atoms with van der Waals surface area (Å²) in [7, 11) is 0. The quantitative estimate of drug-likeness (QED) is 0.586. The number of halogens is 1. The summed E-state index contributed by atoms with van der Waals surface area (Å²) in [6, 6.07) is 8.81. The Bertz CT molecular complexity index is 671. The van der Waals surface area contributed by atoms with Crippen LogP contribution < -0.4 is 5.32 Å². The van der Waals surface area contributed by atoms with Gasteiger partial charge in [0.25, 0.3) is 0 Å². The maximum atomic E-state index is 9.95. The monoisotopic (exact) mass is 365 g/mol. The zero-order valence-electron chi connectivity index (χ0n) is 12.3. The lowest BCUT2D eigenvalue weighted by Gasteiger charge is -2.20. The topological polar surface area (TPSA) is 72.7 Å². The maximum Gasteiger partial charge on any atom is 0.160 e. The second-order valence-corrected chi connectivity index (χ2v) is 5.54. The average Bonchev–Trinajstić information content (AvgIpc) is 2.68. The van der Waals surface area contributed by atoms with E-state index in [1.54, 1.807) is 18.2 Å². The SMILES string of the molecule is Br.Cc1c(O)c(O)cc2c1CCNCC2c1ccc(O)cc1. The molecule has 0 aromatic heterocycles. The summed E-state index contributed by atoms with van der Waals surface area (Å²) in [6.07, 6.45) is 0.823. The molecule has 0 bridgehead atoms. The number of phenols is 3. The third kappa shape index (κ3) is 2.91. The number of hydrogen-bond acceptors (Lipinski definition) is 4. The third-order valence-electron chi connectivity index (χ3n) is 4.26. The van der Waals surface area contributed by atoms with Crippen LogP contribution in [-0.4, -0.2) is 28.4 Å². The molecule has 0 aliphatic carbocycles. The van der Waals surface area contributed by atoms with Crippen LogP contribution in [0.25, 0.3) is 0 Å². The van der Waals surface area contributed by atoms with Crippen molar-refractivity contribution in [3.63, 3.8) is 0 Å². The number of phenolic OH excluding ortho intramolecular Hbond substituents is 3. The van der Waals surface area contributed by atoms with Crippen molar-refractivity contribution in [2.45, 2.75) is 19.3 Å². The molecule has 1 unspecified atom stereocenters. The minimum atomic E-state index is -0.0723. The van der Waals surface area contributed by atoms with E-state index in [0.717, 1.165) is 41.8 Å². The van der Waals surface area contributed by atoms with Crippen LogP contribution in [-0.2, 0) is 6.42 Å². The maximum absolute atomic E-state index is 9.95. The standard InChI is InChI=1S/C17H19NO3.BrH/c1-10-13-6-7-18-9-15(11-2-4-12(19)5-3-11)14(13)8-16(20)17(10)21;/h2-5,8,15,18-21H,6-7,9H2,1H3;1H. The molecular weight excluding hydrogens is 346 g/mol. The lowest BCUT2D eigenvalue weighted by Crippen LogP contribution is -2.20. The molecule has 0 saturated carbocycles. The normalized spacial score (nSPS) is 17.2. The summed E-state index contributed by atoms with van der Waals surface area (Å²) < 4.78 is 0. The molecule has 0 fully saturated rings. The van der Waals surface area contributed by atoms with Gasteiger partial charge in [-0.05, 0) is 60.3 Å². The van der Waals surface area contributed by atoms with Crippen LogP contribution in [0.4, 0.5) is 0 Å². The highest BCUT2D eigenvalue weighted by molar-refractivity contribution is 8.93. The molecular formula is C17H20BrNO3. The number of aromatic hydroxyl groups is 3. The zero-order valence-corrected chi connectivity index (χ0v) is 14.0. The fourth-order valence-corrected chi connectivity index (χ4v) is 3.07. The molecule has 1 aliphatic heterocycles. The molecule has 0 radical (unpaired) electrons. The van der Waals surface area contributed by atoms with Crippen molar-refractivity contribution in [3.05, 3.63) is 52.6 Å². The Kier molecular flexibility index (Phi) is 4.98. The largest absolute Gasteiger partial charge is 0.508 e. The van der Waals surface area contributed by atoms with Crippen molar-refractivity contribution < 1.29 is 15.3 Å². The van der Waals surface area contributed by atoms with Crippen LogP contribution in [0, 0.1) is 6.92 Å². The van der Waals surface area contributed by atoms with Gasteiger partial charge in [0.2, 0.25) is 0 Å². The minimum absolute atomic E-state index is 0. The van der Waals surface area contributed by atoms with E-state index in [0.29, 0.717) is 0 Å².